The number of likely N-dealkylation sites (tertiary alicyclic amines) is 1. The van der Waals surface area contributed by atoms with Crippen LogP contribution in [0.4, 0.5) is 13.2 Å². The Morgan fingerprint density at radius 3 is 2.74 bits per heavy atom. The summed E-state index contributed by atoms with van der Waals surface area (Å²) in [6.07, 6.45) is -2.92. The summed E-state index contributed by atoms with van der Waals surface area (Å²) in [6, 6.07) is 0.827. The fourth-order valence-electron chi connectivity index (χ4n) is 2.00. The first-order valence-corrected chi connectivity index (χ1v) is 5.78. The van der Waals surface area contributed by atoms with Crippen LogP contribution in [0.5, 0.6) is 0 Å². The molecule has 2 heterocycles. The molecule has 1 unspecified atom stereocenters. The summed E-state index contributed by atoms with van der Waals surface area (Å²) in [7, 11) is 0. The fourth-order valence-corrected chi connectivity index (χ4v) is 2.00. The number of aromatic nitrogens is 2. The van der Waals surface area contributed by atoms with Crippen molar-refractivity contribution in [2.24, 2.45) is 0 Å². The van der Waals surface area contributed by atoms with Crippen LogP contribution in [0, 0.1) is 0 Å². The molecule has 5 nitrogen and oxygen atoms in total. The minimum atomic E-state index is -4.51. The number of rotatable bonds is 2. The summed E-state index contributed by atoms with van der Waals surface area (Å²) in [5.41, 5.74) is -1.94. The molecule has 0 radical (unpaired) electrons. The van der Waals surface area contributed by atoms with Crippen molar-refractivity contribution in [2.75, 3.05) is 13.1 Å². The summed E-state index contributed by atoms with van der Waals surface area (Å²) in [4.78, 5) is 13.3. The van der Waals surface area contributed by atoms with Crippen molar-refractivity contribution in [1.82, 2.24) is 14.7 Å². The molecule has 106 valence electrons. The van der Waals surface area contributed by atoms with Gasteiger partial charge >= 0.3 is 6.18 Å². The molecule has 1 atom stereocenters. The number of amides is 1. The molecule has 1 aromatic rings. The number of carbonyl (C=O) groups is 1. The van der Waals surface area contributed by atoms with Gasteiger partial charge in [-0.25, -0.2) is 0 Å². The highest BCUT2D eigenvalue weighted by Crippen LogP contribution is 2.27. The van der Waals surface area contributed by atoms with Crippen LogP contribution in [0.1, 0.15) is 19.0 Å². The van der Waals surface area contributed by atoms with E-state index in [0.29, 0.717) is 13.0 Å². The molecule has 0 saturated carbocycles. The lowest BCUT2D eigenvalue weighted by Gasteiger charge is -2.18. The van der Waals surface area contributed by atoms with Gasteiger partial charge in [-0.15, -0.1) is 0 Å². The molecule has 0 aromatic carbocycles. The lowest BCUT2D eigenvalue weighted by molar-refractivity contribution is -0.142. The topological polar surface area (TPSA) is 58.4 Å². The number of alkyl halides is 3. The number of aliphatic hydroxyl groups is 1. The van der Waals surface area contributed by atoms with E-state index in [4.69, 9.17) is 0 Å². The van der Waals surface area contributed by atoms with Crippen LogP contribution in [0.2, 0.25) is 0 Å². The lowest BCUT2D eigenvalue weighted by Crippen LogP contribution is -2.36. The third kappa shape index (κ3) is 3.25. The first-order valence-electron chi connectivity index (χ1n) is 5.78. The van der Waals surface area contributed by atoms with Gasteiger partial charge in [0.25, 0.3) is 0 Å². The second-order valence-electron chi connectivity index (χ2n) is 4.96. The van der Waals surface area contributed by atoms with Crippen molar-refractivity contribution in [3.8, 4) is 0 Å². The van der Waals surface area contributed by atoms with Gasteiger partial charge in [0, 0.05) is 19.3 Å². The van der Waals surface area contributed by atoms with Crippen LogP contribution >= 0.6 is 0 Å². The Morgan fingerprint density at radius 1 is 1.58 bits per heavy atom. The SMILES string of the molecule is CC1(O)CCN(C(=O)Cn2ccc(C(F)(F)F)n2)C1. The molecule has 1 aliphatic heterocycles. The molecule has 1 N–H and O–H groups in total. The maximum atomic E-state index is 12.3. The average Bonchev–Trinajstić information content (AvgIpc) is 2.83. The molecular formula is C11H14F3N3O2. The predicted octanol–water partition coefficient (Wildman–Crippen LogP) is 0.885. The molecule has 1 amide bonds. The molecule has 0 spiro atoms. The van der Waals surface area contributed by atoms with Gasteiger partial charge in [0.05, 0.1) is 5.60 Å². The Bertz CT molecular complexity index is 482. The predicted molar refractivity (Wildman–Crippen MR) is 59.0 cm³/mol. The molecule has 0 bridgehead atoms. The standard InChI is InChI=1S/C11H14F3N3O2/c1-10(19)3-5-16(7-10)9(18)6-17-4-2-8(15-17)11(12,13)14/h2,4,19H,3,5-7H2,1H3. The van der Waals surface area contributed by atoms with E-state index in [0.717, 1.165) is 16.9 Å². The van der Waals surface area contributed by atoms with Gasteiger partial charge in [-0.05, 0) is 19.4 Å². The molecule has 0 aliphatic carbocycles. The first-order chi connectivity index (χ1) is 8.67. The monoisotopic (exact) mass is 277 g/mol. The number of hydrogen-bond donors (Lipinski definition) is 1. The minimum absolute atomic E-state index is 0.194. The van der Waals surface area contributed by atoms with E-state index in [1.807, 2.05) is 0 Å². The number of β-amino-alcohol motifs (C(OH)–C–C–N with tert-alkyl or cyclic N) is 1. The number of halogens is 3. The van der Waals surface area contributed by atoms with Gasteiger partial charge in [-0.3, -0.25) is 9.48 Å². The summed E-state index contributed by atoms with van der Waals surface area (Å²) in [6.45, 7) is 1.96. The molecule has 1 aliphatic rings. The van der Waals surface area contributed by atoms with Crippen LogP contribution in [0.3, 0.4) is 0 Å². The van der Waals surface area contributed by atoms with Gasteiger partial charge in [0.2, 0.25) is 5.91 Å². The molecule has 1 saturated heterocycles. The molecule has 1 aromatic heterocycles. The zero-order valence-corrected chi connectivity index (χ0v) is 10.3. The highest BCUT2D eigenvalue weighted by atomic mass is 19.4. The summed E-state index contributed by atoms with van der Waals surface area (Å²) in [5.74, 6) is -0.352. The largest absolute Gasteiger partial charge is 0.435 e. The fraction of sp³-hybridized carbons (Fsp3) is 0.636. The average molecular weight is 277 g/mol. The Balaban J connectivity index is 1.98. The maximum Gasteiger partial charge on any atom is 0.435 e. The van der Waals surface area contributed by atoms with Crippen molar-refractivity contribution in [3.05, 3.63) is 18.0 Å². The minimum Gasteiger partial charge on any atom is -0.388 e. The highest BCUT2D eigenvalue weighted by Gasteiger charge is 2.35. The van der Waals surface area contributed by atoms with E-state index in [-0.39, 0.29) is 19.0 Å². The summed E-state index contributed by atoms with van der Waals surface area (Å²) >= 11 is 0. The Labute approximate surface area is 107 Å². The van der Waals surface area contributed by atoms with Crippen LogP contribution in [0.25, 0.3) is 0 Å². The van der Waals surface area contributed by atoms with E-state index < -0.39 is 17.5 Å². The Hall–Kier alpha value is -1.57. The Kier molecular flexibility index (Phi) is 3.29. The smallest absolute Gasteiger partial charge is 0.388 e. The zero-order valence-electron chi connectivity index (χ0n) is 10.3. The molecule has 1 fully saturated rings. The third-order valence-corrected chi connectivity index (χ3v) is 3.03. The van der Waals surface area contributed by atoms with Crippen LogP contribution < -0.4 is 0 Å². The second kappa shape index (κ2) is 4.52. The van der Waals surface area contributed by atoms with E-state index >= 15 is 0 Å². The number of carbonyl (C=O) groups excluding carboxylic acids is 1. The Morgan fingerprint density at radius 2 is 2.26 bits per heavy atom. The van der Waals surface area contributed by atoms with Crippen molar-refractivity contribution in [1.29, 1.82) is 0 Å². The van der Waals surface area contributed by atoms with E-state index in [9.17, 15) is 23.1 Å². The van der Waals surface area contributed by atoms with Crippen LogP contribution in [-0.4, -0.2) is 44.4 Å². The molecular weight excluding hydrogens is 263 g/mol. The van der Waals surface area contributed by atoms with E-state index in [1.165, 1.54) is 4.90 Å². The highest BCUT2D eigenvalue weighted by molar-refractivity contribution is 5.76. The number of hydrogen-bond acceptors (Lipinski definition) is 3. The molecule has 19 heavy (non-hydrogen) atoms. The first kappa shape index (κ1) is 13.9. The van der Waals surface area contributed by atoms with Crippen LogP contribution in [-0.2, 0) is 17.5 Å². The quantitative estimate of drug-likeness (QED) is 0.873. The van der Waals surface area contributed by atoms with Crippen LogP contribution in [0.15, 0.2) is 12.3 Å². The van der Waals surface area contributed by atoms with Gasteiger partial charge in [0.15, 0.2) is 5.69 Å². The normalized spacial score (nSPS) is 23.9. The summed E-state index contributed by atoms with van der Waals surface area (Å²) in [5, 5.41) is 13.0. The zero-order chi connectivity index (χ0) is 14.3. The van der Waals surface area contributed by atoms with Crippen molar-refractivity contribution in [2.45, 2.75) is 31.7 Å². The number of nitrogens with zero attached hydrogens (tertiary/aromatic N) is 3. The van der Waals surface area contributed by atoms with Crippen molar-refractivity contribution in [3.63, 3.8) is 0 Å². The third-order valence-electron chi connectivity index (χ3n) is 3.03. The lowest BCUT2D eigenvalue weighted by atomic mass is 10.1. The molecule has 8 heteroatoms. The summed E-state index contributed by atoms with van der Waals surface area (Å²) < 4.78 is 38.0. The van der Waals surface area contributed by atoms with Gasteiger partial charge in [0.1, 0.15) is 6.54 Å². The van der Waals surface area contributed by atoms with Gasteiger partial charge in [-0.1, -0.05) is 0 Å². The van der Waals surface area contributed by atoms with E-state index in [2.05, 4.69) is 5.10 Å². The maximum absolute atomic E-state index is 12.3. The van der Waals surface area contributed by atoms with Crippen molar-refractivity contribution < 1.29 is 23.1 Å². The second-order valence-corrected chi connectivity index (χ2v) is 4.96. The molecule has 2 rings (SSSR count). The van der Waals surface area contributed by atoms with Gasteiger partial charge < -0.3 is 10.0 Å². The van der Waals surface area contributed by atoms with Gasteiger partial charge in [-0.2, -0.15) is 18.3 Å². The van der Waals surface area contributed by atoms with Crippen molar-refractivity contribution >= 4 is 5.91 Å². The van der Waals surface area contributed by atoms with E-state index in [1.54, 1.807) is 6.92 Å².